The molecule has 0 bridgehead atoms. The first-order valence-corrected chi connectivity index (χ1v) is 11.0. The molecule has 0 aromatic carbocycles. The maximum Gasteiger partial charge on any atom is 2.00 e. The third-order valence-electron chi connectivity index (χ3n) is 3.02. The minimum Gasteiger partial charge on any atom is -0.683 e. The number of hydrogen-bond donors (Lipinski definition) is 2. The third-order valence-corrected chi connectivity index (χ3v) is 3.02. The number of nitrogens with one attached hydrogen (secondary N) is 2. The van der Waals surface area contributed by atoms with Gasteiger partial charge in [-0.2, -0.15) is 11.4 Å². The minimum absolute atomic E-state index is 0. The van der Waals surface area contributed by atoms with Gasteiger partial charge >= 0.3 is 37.7 Å². The van der Waals surface area contributed by atoms with Gasteiger partial charge in [-0.05, 0) is 53.7 Å². The maximum absolute atomic E-state index is 4.58. The molecule has 31 heavy (non-hydrogen) atoms. The van der Waals surface area contributed by atoms with Gasteiger partial charge in [0.2, 0.25) is 0 Å². The van der Waals surface area contributed by atoms with Crippen LogP contribution < -0.4 is 9.98 Å². The maximum atomic E-state index is 4.58. The Morgan fingerprint density at radius 3 is 0.903 bits per heavy atom. The predicted molar refractivity (Wildman–Crippen MR) is 142 cm³/mol. The standard InChI is InChI=1S/2C13H25N2.Ca/c2*1-10(14-12(3,4)5)9-11(2)15-13(6,7)8;/h2*9H,1-8H3;/q2*-1;+2/p+2/b2*10-9-,15-11?;. The largest absolute Gasteiger partial charge is 2.00 e. The summed E-state index contributed by atoms with van der Waals surface area (Å²) in [6, 6.07) is 0. The summed E-state index contributed by atoms with van der Waals surface area (Å²) in [5.41, 5.74) is 4.69. The molecule has 0 aromatic rings. The van der Waals surface area contributed by atoms with E-state index in [2.05, 4.69) is 130 Å². The monoisotopic (exact) mass is 460 g/mol. The molecule has 0 saturated heterocycles. The Hall–Kier alpha value is -0.320. The Labute approximate surface area is 224 Å². The Bertz CT molecular complexity index is 583. The molecule has 0 amide bonds. The smallest absolute Gasteiger partial charge is 0.683 e. The van der Waals surface area contributed by atoms with Crippen molar-refractivity contribution in [2.24, 2.45) is 0 Å². The second kappa shape index (κ2) is 14.1. The zero-order chi connectivity index (χ0) is 24.6. The first-order chi connectivity index (χ1) is 13.0. The van der Waals surface area contributed by atoms with E-state index in [9.17, 15) is 0 Å². The average Bonchev–Trinajstić information content (AvgIpc) is 2.27. The molecule has 0 aromatic heterocycles. The SMILES string of the molecule is CC(/C=C(/C)[N-]C(C)(C)C)=[NH+]C(C)(C)C.CC(/C=C(/C)[N-]C(C)(C)C)=[NH+]C(C)(C)C.[Ca+2]. The van der Waals surface area contributed by atoms with E-state index in [4.69, 9.17) is 0 Å². The van der Waals surface area contributed by atoms with E-state index < -0.39 is 0 Å². The van der Waals surface area contributed by atoms with Crippen molar-refractivity contribution < 1.29 is 9.98 Å². The third kappa shape index (κ3) is 29.7. The van der Waals surface area contributed by atoms with Gasteiger partial charge in [0.15, 0.2) is 22.5 Å². The topological polar surface area (TPSA) is 56.1 Å². The fourth-order valence-electron chi connectivity index (χ4n) is 3.00. The van der Waals surface area contributed by atoms with E-state index >= 15 is 0 Å². The molecule has 2 N–H and O–H groups in total. The summed E-state index contributed by atoms with van der Waals surface area (Å²) in [6.07, 6.45) is 4.19. The van der Waals surface area contributed by atoms with E-state index in [1.54, 1.807) is 0 Å². The van der Waals surface area contributed by atoms with Crippen LogP contribution in [0, 0.1) is 0 Å². The summed E-state index contributed by atoms with van der Waals surface area (Å²) in [6.45, 7) is 33.8. The summed E-state index contributed by atoms with van der Waals surface area (Å²) in [5, 5.41) is 9.16. The number of allylic oxidation sites excluding steroid dienone is 4. The van der Waals surface area contributed by atoms with Crippen LogP contribution in [0.25, 0.3) is 10.6 Å². The number of nitrogens with zero attached hydrogens (tertiary/aromatic N) is 2. The molecule has 5 heteroatoms. The van der Waals surface area contributed by atoms with Crippen LogP contribution in [-0.2, 0) is 0 Å². The van der Waals surface area contributed by atoms with Gasteiger partial charge in [0.05, 0.1) is 0 Å². The number of hydrogen-bond acceptors (Lipinski definition) is 0. The minimum atomic E-state index is 0. The Balaban J connectivity index is -0.000000490. The molecule has 0 unspecified atom stereocenters. The van der Waals surface area contributed by atoms with Crippen molar-refractivity contribution in [1.29, 1.82) is 0 Å². The van der Waals surface area contributed by atoms with Gasteiger partial charge in [0.1, 0.15) is 0 Å². The van der Waals surface area contributed by atoms with E-state index in [0.717, 1.165) is 22.8 Å². The summed E-state index contributed by atoms with van der Waals surface area (Å²) < 4.78 is 0. The van der Waals surface area contributed by atoms with Gasteiger partial charge < -0.3 is 10.6 Å². The van der Waals surface area contributed by atoms with Crippen molar-refractivity contribution in [1.82, 2.24) is 0 Å². The van der Waals surface area contributed by atoms with Crippen molar-refractivity contribution in [2.45, 2.75) is 133 Å². The first-order valence-electron chi connectivity index (χ1n) is 11.0. The molecule has 4 nitrogen and oxygen atoms in total. The normalized spacial score (nSPS) is 15.0. The van der Waals surface area contributed by atoms with Crippen molar-refractivity contribution in [2.75, 3.05) is 0 Å². The van der Waals surface area contributed by atoms with Crippen LogP contribution in [0.5, 0.6) is 0 Å². The van der Waals surface area contributed by atoms with Gasteiger partial charge in [0.25, 0.3) is 0 Å². The Morgan fingerprint density at radius 1 is 0.516 bits per heavy atom. The molecular weight excluding hydrogens is 408 g/mol. The molecule has 176 valence electrons. The van der Waals surface area contributed by atoms with Crippen LogP contribution in [0.15, 0.2) is 23.5 Å². The van der Waals surface area contributed by atoms with Gasteiger partial charge in [0, 0.05) is 13.8 Å². The van der Waals surface area contributed by atoms with Crippen LogP contribution in [0.1, 0.15) is 111 Å². The van der Waals surface area contributed by atoms with Crippen LogP contribution in [0.4, 0.5) is 0 Å². The second-order valence-electron chi connectivity index (χ2n) is 12.3. The molecule has 0 aliphatic heterocycles. The van der Waals surface area contributed by atoms with E-state index in [0.29, 0.717) is 0 Å². The molecule has 0 spiro atoms. The molecular formula is C26H52CaN4+2. The quantitative estimate of drug-likeness (QED) is 0.461. The second-order valence-corrected chi connectivity index (χ2v) is 12.3. The average molecular weight is 461 g/mol. The summed E-state index contributed by atoms with van der Waals surface area (Å²) >= 11 is 0. The summed E-state index contributed by atoms with van der Waals surface area (Å²) in [7, 11) is 0. The van der Waals surface area contributed by atoms with E-state index in [1.165, 1.54) is 0 Å². The van der Waals surface area contributed by atoms with E-state index in [1.807, 2.05) is 13.8 Å². The molecule has 0 heterocycles. The van der Waals surface area contributed by atoms with Gasteiger partial charge in [-0.25, -0.2) is 9.98 Å². The fourth-order valence-corrected chi connectivity index (χ4v) is 3.00. The summed E-state index contributed by atoms with van der Waals surface area (Å²) in [4.78, 5) is 6.83. The zero-order valence-corrected chi connectivity index (χ0v) is 26.0. The Kier molecular flexibility index (Phi) is 16.0. The van der Waals surface area contributed by atoms with Crippen molar-refractivity contribution in [3.63, 3.8) is 0 Å². The molecule has 0 radical (unpaired) electrons. The molecule has 0 saturated carbocycles. The molecule has 0 fully saturated rings. The number of rotatable bonds is 4. The zero-order valence-electron chi connectivity index (χ0n) is 23.8. The van der Waals surface area contributed by atoms with Crippen LogP contribution in [0.3, 0.4) is 0 Å². The fraction of sp³-hybridized carbons (Fsp3) is 0.769. The van der Waals surface area contributed by atoms with E-state index in [-0.39, 0.29) is 59.9 Å². The van der Waals surface area contributed by atoms with Crippen LogP contribution in [-0.4, -0.2) is 71.3 Å². The van der Waals surface area contributed by atoms with Crippen LogP contribution in [0.2, 0.25) is 0 Å². The van der Waals surface area contributed by atoms with Crippen molar-refractivity contribution >= 4 is 49.2 Å². The predicted octanol–water partition coefficient (Wildman–Crippen LogP) is 4.42. The Morgan fingerprint density at radius 2 is 0.742 bits per heavy atom. The van der Waals surface area contributed by atoms with Gasteiger partial charge in [-0.15, -0.1) is 11.1 Å². The van der Waals surface area contributed by atoms with Gasteiger partial charge in [-0.3, -0.25) is 0 Å². The summed E-state index contributed by atoms with van der Waals surface area (Å²) in [5.74, 6) is 0. The van der Waals surface area contributed by atoms with Gasteiger partial charge in [-0.1, -0.05) is 55.4 Å². The molecule has 0 aliphatic carbocycles. The molecule has 0 atom stereocenters. The van der Waals surface area contributed by atoms with Crippen molar-refractivity contribution in [3.8, 4) is 0 Å². The van der Waals surface area contributed by atoms with Crippen LogP contribution >= 0.6 is 0 Å². The van der Waals surface area contributed by atoms with Crippen molar-refractivity contribution in [3.05, 3.63) is 34.2 Å². The molecule has 0 aliphatic rings. The first kappa shape index (κ1) is 35.3. The molecule has 0 rings (SSSR count).